The van der Waals surface area contributed by atoms with Gasteiger partial charge in [0.25, 0.3) is 5.91 Å². The van der Waals surface area contributed by atoms with Crippen molar-refractivity contribution in [3.8, 4) is 17.2 Å². The summed E-state index contributed by atoms with van der Waals surface area (Å²) in [7, 11) is 1.61. The van der Waals surface area contributed by atoms with E-state index in [2.05, 4.69) is 5.32 Å². The van der Waals surface area contributed by atoms with E-state index in [1.165, 1.54) is 0 Å². The Hall–Kier alpha value is -2.73. The Morgan fingerprint density at radius 1 is 1.10 bits per heavy atom. The maximum atomic E-state index is 12.1. The van der Waals surface area contributed by atoms with E-state index in [-0.39, 0.29) is 18.6 Å². The van der Waals surface area contributed by atoms with Crippen LogP contribution < -0.4 is 19.5 Å². The molecule has 1 heterocycles. The summed E-state index contributed by atoms with van der Waals surface area (Å²) in [6.07, 6.45) is 2.25. The first-order valence-electron chi connectivity index (χ1n) is 9.93. The van der Waals surface area contributed by atoms with Crippen molar-refractivity contribution < 1.29 is 23.7 Å². The molecule has 1 saturated heterocycles. The third kappa shape index (κ3) is 6.12. The zero-order valence-electron chi connectivity index (χ0n) is 17.3. The third-order valence-corrected chi connectivity index (χ3v) is 4.86. The van der Waals surface area contributed by atoms with Crippen LogP contribution in [0.25, 0.3) is 0 Å². The standard InChI is InChI=1S/C23H29NO5/c1-16-6-8-20(17(2)11-16)29-15-23(25)24-13-18-7-9-21(22(12-18)26-3)28-14-19-5-4-10-27-19/h6-9,11-12,19H,4-5,10,13-15H2,1-3H3,(H,24,25). The number of ether oxygens (including phenoxy) is 4. The molecule has 1 atom stereocenters. The second kappa shape index (κ2) is 10.2. The fraction of sp³-hybridized carbons (Fsp3) is 0.435. The van der Waals surface area contributed by atoms with Gasteiger partial charge in [-0.1, -0.05) is 23.8 Å². The molecule has 1 fully saturated rings. The van der Waals surface area contributed by atoms with Crippen LogP contribution in [0, 0.1) is 13.8 Å². The van der Waals surface area contributed by atoms with E-state index < -0.39 is 0 Å². The number of hydrogen-bond acceptors (Lipinski definition) is 5. The second-order valence-corrected chi connectivity index (χ2v) is 7.27. The van der Waals surface area contributed by atoms with Gasteiger partial charge >= 0.3 is 0 Å². The minimum atomic E-state index is -0.178. The van der Waals surface area contributed by atoms with E-state index in [4.69, 9.17) is 18.9 Å². The quantitative estimate of drug-likeness (QED) is 0.698. The molecule has 2 aromatic rings. The summed E-state index contributed by atoms with van der Waals surface area (Å²) in [6.45, 7) is 5.67. The maximum Gasteiger partial charge on any atom is 0.258 e. The Labute approximate surface area is 172 Å². The number of methoxy groups -OCH3 is 1. The van der Waals surface area contributed by atoms with Gasteiger partial charge in [0.15, 0.2) is 18.1 Å². The van der Waals surface area contributed by atoms with Crippen LogP contribution in [0.1, 0.15) is 29.5 Å². The molecule has 6 nitrogen and oxygen atoms in total. The van der Waals surface area contributed by atoms with Crippen molar-refractivity contribution in [1.29, 1.82) is 0 Å². The van der Waals surface area contributed by atoms with E-state index in [9.17, 15) is 4.79 Å². The van der Waals surface area contributed by atoms with Crippen LogP contribution in [0.5, 0.6) is 17.2 Å². The molecule has 1 amide bonds. The molecular formula is C23H29NO5. The summed E-state index contributed by atoms with van der Waals surface area (Å²) >= 11 is 0. The Bertz CT molecular complexity index is 830. The largest absolute Gasteiger partial charge is 0.493 e. The highest BCUT2D eigenvalue weighted by molar-refractivity contribution is 5.77. The zero-order chi connectivity index (χ0) is 20.6. The normalized spacial score (nSPS) is 15.8. The fourth-order valence-corrected chi connectivity index (χ4v) is 3.26. The van der Waals surface area contributed by atoms with E-state index in [1.807, 2.05) is 50.2 Å². The van der Waals surface area contributed by atoms with Crippen LogP contribution in [0.2, 0.25) is 0 Å². The zero-order valence-corrected chi connectivity index (χ0v) is 17.3. The monoisotopic (exact) mass is 399 g/mol. The Balaban J connectivity index is 1.48. The van der Waals surface area contributed by atoms with Crippen molar-refractivity contribution in [3.05, 3.63) is 53.1 Å². The minimum Gasteiger partial charge on any atom is -0.493 e. The number of aryl methyl sites for hydroxylation is 2. The molecule has 0 saturated carbocycles. The Morgan fingerprint density at radius 2 is 1.93 bits per heavy atom. The lowest BCUT2D eigenvalue weighted by Crippen LogP contribution is -2.28. The van der Waals surface area contributed by atoms with Gasteiger partial charge in [0.1, 0.15) is 12.4 Å². The van der Waals surface area contributed by atoms with Crippen LogP contribution in [0.15, 0.2) is 36.4 Å². The summed E-state index contributed by atoms with van der Waals surface area (Å²) in [5.74, 6) is 1.86. The van der Waals surface area contributed by atoms with E-state index >= 15 is 0 Å². The van der Waals surface area contributed by atoms with Crippen LogP contribution in [-0.2, 0) is 16.1 Å². The molecule has 0 spiro atoms. The van der Waals surface area contributed by atoms with Crippen LogP contribution in [0.4, 0.5) is 0 Å². The number of carbonyl (C=O) groups excluding carboxylic acids is 1. The predicted molar refractivity (Wildman–Crippen MR) is 111 cm³/mol. The molecular weight excluding hydrogens is 370 g/mol. The molecule has 1 unspecified atom stereocenters. The summed E-state index contributed by atoms with van der Waals surface area (Å²) in [6, 6.07) is 11.5. The van der Waals surface area contributed by atoms with Gasteiger partial charge < -0.3 is 24.3 Å². The SMILES string of the molecule is COc1cc(CNC(=O)COc2ccc(C)cc2C)ccc1OCC1CCCO1. The summed E-state index contributed by atoms with van der Waals surface area (Å²) < 4.78 is 22.5. The van der Waals surface area contributed by atoms with E-state index in [0.29, 0.717) is 24.7 Å². The average Bonchev–Trinajstić information content (AvgIpc) is 3.24. The molecule has 29 heavy (non-hydrogen) atoms. The van der Waals surface area contributed by atoms with Gasteiger partial charge in [-0.15, -0.1) is 0 Å². The van der Waals surface area contributed by atoms with Crippen molar-refractivity contribution in [3.63, 3.8) is 0 Å². The number of amides is 1. The number of carbonyl (C=O) groups is 1. The highest BCUT2D eigenvalue weighted by Gasteiger charge is 2.17. The lowest BCUT2D eigenvalue weighted by Gasteiger charge is -2.15. The van der Waals surface area contributed by atoms with Crippen molar-refractivity contribution in [2.24, 2.45) is 0 Å². The molecule has 1 aliphatic rings. The van der Waals surface area contributed by atoms with Gasteiger partial charge in [-0.3, -0.25) is 4.79 Å². The first-order valence-corrected chi connectivity index (χ1v) is 9.93. The lowest BCUT2D eigenvalue weighted by atomic mass is 10.1. The topological polar surface area (TPSA) is 66.0 Å². The average molecular weight is 399 g/mol. The summed E-state index contributed by atoms with van der Waals surface area (Å²) in [4.78, 5) is 12.1. The van der Waals surface area contributed by atoms with Crippen LogP contribution >= 0.6 is 0 Å². The van der Waals surface area contributed by atoms with Gasteiger partial charge in [-0.2, -0.15) is 0 Å². The van der Waals surface area contributed by atoms with Gasteiger partial charge in [-0.25, -0.2) is 0 Å². The number of benzene rings is 2. The van der Waals surface area contributed by atoms with Gasteiger partial charge in [0.2, 0.25) is 0 Å². The molecule has 1 aliphatic heterocycles. The van der Waals surface area contributed by atoms with Crippen LogP contribution in [0.3, 0.4) is 0 Å². The molecule has 0 radical (unpaired) electrons. The first kappa shape index (κ1) is 21.0. The predicted octanol–water partition coefficient (Wildman–Crippen LogP) is 3.57. The summed E-state index contributed by atoms with van der Waals surface area (Å²) in [5, 5.41) is 2.87. The minimum absolute atomic E-state index is 0.0242. The first-order chi connectivity index (χ1) is 14.0. The lowest BCUT2D eigenvalue weighted by molar-refractivity contribution is -0.123. The van der Waals surface area contributed by atoms with Crippen molar-refractivity contribution in [2.45, 2.75) is 39.3 Å². The molecule has 6 heteroatoms. The highest BCUT2D eigenvalue weighted by atomic mass is 16.5. The Kier molecular flexibility index (Phi) is 7.36. The van der Waals surface area contributed by atoms with Crippen LogP contribution in [-0.4, -0.2) is 38.9 Å². The second-order valence-electron chi connectivity index (χ2n) is 7.27. The van der Waals surface area contributed by atoms with Crippen molar-refractivity contribution in [2.75, 3.05) is 26.9 Å². The molecule has 0 aliphatic carbocycles. The molecule has 1 N–H and O–H groups in total. The molecule has 0 aromatic heterocycles. The van der Waals surface area contributed by atoms with E-state index in [1.54, 1.807) is 7.11 Å². The van der Waals surface area contributed by atoms with E-state index in [0.717, 1.165) is 41.9 Å². The number of nitrogens with one attached hydrogen (secondary N) is 1. The third-order valence-electron chi connectivity index (χ3n) is 4.86. The molecule has 0 bridgehead atoms. The molecule has 2 aromatic carbocycles. The number of hydrogen-bond donors (Lipinski definition) is 1. The van der Waals surface area contributed by atoms with Gasteiger partial charge in [0, 0.05) is 13.2 Å². The Morgan fingerprint density at radius 3 is 2.66 bits per heavy atom. The smallest absolute Gasteiger partial charge is 0.258 e. The van der Waals surface area contributed by atoms with Crippen molar-refractivity contribution in [1.82, 2.24) is 5.32 Å². The van der Waals surface area contributed by atoms with Gasteiger partial charge in [-0.05, 0) is 56.0 Å². The fourth-order valence-electron chi connectivity index (χ4n) is 3.26. The van der Waals surface area contributed by atoms with Gasteiger partial charge in [0.05, 0.1) is 13.2 Å². The number of rotatable bonds is 9. The summed E-state index contributed by atoms with van der Waals surface area (Å²) in [5.41, 5.74) is 3.10. The molecule has 3 rings (SSSR count). The maximum absolute atomic E-state index is 12.1. The molecule has 156 valence electrons. The van der Waals surface area contributed by atoms with Crippen molar-refractivity contribution >= 4 is 5.91 Å². The highest BCUT2D eigenvalue weighted by Crippen LogP contribution is 2.29.